The Morgan fingerprint density at radius 2 is 2.03 bits per heavy atom. The minimum Gasteiger partial charge on any atom is -0.470 e. The lowest BCUT2D eigenvalue weighted by atomic mass is 10.0. The van der Waals surface area contributed by atoms with Crippen LogP contribution in [0.4, 0.5) is 19.1 Å². The first-order valence-electron chi connectivity index (χ1n) is 9.43. The highest BCUT2D eigenvalue weighted by Gasteiger charge is 2.50. The number of sulfonamides is 1. The number of nitrogens with one attached hydrogen (secondary N) is 1. The minimum atomic E-state index is -5.34. The third-order valence-corrected chi connectivity index (χ3v) is 7.02. The van der Waals surface area contributed by atoms with Crippen LogP contribution < -0.4 is 10.1 Å². The second kappa shape index (κ2) is 8.16. The summed E-state index contributed by atoms with van der Waals surface area (Å²) in [7, 11) is -5.34. The van der Waals surface area contributed by atoms with Crippen molar-refractivity contribution in [2.45, 2.75) is 62.3 Å². The standard InChI is InChI=1S/C17H22F3N5O4S/c1-16(26)6-2-3-13(16)29-14-11(9-21)10-22-15(24-14)23-12-4-7-25(8-5-12)30(27,28)17(18,19)20/h10,12-13,26H,2-8H2,1H3,(H,22,23,24)/t13-,16+/m0/s1. The van der Waals surface area contributed by atoms with Crippen LogP contribution in [-0.4, -0.2) is 64.1 Å². The number of piperidine rings is 1. The monoisotopic (exact) mass is 449 g/mol. The Bertz CT molecular complexity index is 924. The molecule has 0 amide bonds. The second-order valence-electron chi connectivity index (χ2n) is 7.65. The molecule has 0 spiro atoms. The Kier molecular flexibility index (Phi) is 6.13. The van der Waals surface area contributed by atoms with E-state index >= 15 is 0 Å². The predicted octanol–water partition coefficient (Wildman–Crippen LogP) is 1.76. The quantitative estimate of drug-likeness (QED) is 0.696. The Hall–Kier alpha value is -2.17. The van der Waals surface area contributed by atoms with Gasteiger partial charge < -0.3 is 15.2 Å². The Balaban J connectivity index is 1.66. The normalized spacial score (nSPS) is 26.3. The maximum Gasteiger partial charge on any atom is 0.511 e. The van der Waals surface area contributed by atoms with Crippen LogP contribution >= 0.6 is 0 Å². The molecule has 2 heterocycles. The van der Waals surface area contributed by atoms with E-state index in [1.807, 2.05) is 6.07 Å². The lowest BCUT2D eigenvalue weighted by Crippen LogP contribution is -2.47. The van der Waals surface area contributed by atoms with E-state index in [0.29, 0.717) is 17.1 Å². The van der Waals surface area contributed by atoms with Gasteiger partial charge in [0.25, 0.3) is 0 Å². The molecule has 2 fully saturated rings. The van der Waals surface area contributed by atoms with Crippen LogP contribution in [0.2, 0.25) is 0 Å². The van der Waals surface area contributed by atoms with E-state index in [2.05, 4.69) is 15.3 Å². The molecule has 1 aromatic rings. The summed E-state index contributed by atoms with van der Waals surface area (Å²) in [5.41, 5.74) is -6.27. The van der Waals surface area contributed by atoms with Gasteiger partial charge in [-0.2, -0.15) is 27.7 Å². The SMILES string of the molecule is C[C@@]1(O)CCC[C@@H]1Oc1nc(NC2CCN(S(=O)(=O)C(F)(F)F)CC2)ncc1C#N. The number of ether oxygens (including phenoxy) is 1. The molecule has 2 aliphatic rings. The molecule has 0 unspecified atom stereocenters. The number of rotatable bonds is 5. The fourth-order valence-electron chi connectivity index (χ4n) is 3.61. The van der Waals surface area contributed by atoms with Crippen LogP contribution in [0.15, 0.2) is 6.20 Å². The first kappa shape index (κ1) is 22.5. The zero-order valence-electron chi connectivity index (χ0n) is 16.2. The van der Waals surface area contributed by atoms with Gasteiger partial charge >= 0.3 is 15.5 Å². The number of anilines is 1. The van der Waals surface area contributed by atoms with E-state index in [1.54, 1.807) is 6.92 Å². The molecule has 0 bridgehead atoms. The average molecular weight is 449 g/mol. The van der Waals surface area contributed by atoms with Crippen LogP contribution in [0.1, 0.15) is 44.6 Å². The van der Waals surface area contributed by atoms with Crippen LogP contribution in [0, 0.1) is 11.3 Å². The molecule has 1 aliphatic heterocycles. The van der Waals surface area contributed by atoms with E-state index in [1.165, 1.54) is 6.20 Å². The summed E-state index contributed by atoms with van der Waals surface area (Å²) >= 11 is 0. The minimum absolute atomic E-state index is 0.0132. The van der Waals surface area contributed by atoms with Crippen molar-refractivity contribution >= 4 is 16.0 Å². The van der Waals surface area contributed by atoms with Crippen molar-refractivity contribution in [2.75, 3.05) is 18.4 Å². The highest BCUT2D eigenvalue weighted by molar-refractivity contribution is 7.90. The number of hydrogen-bond donors (Lipinski definition) is 2. The lowest BCUT2D eigenvalue weighted by Gasteiger charge is -2.32. The molecule has 1 saturated heterocycles. The van der Waals surface area contributed by atoms with Gasteiger partial charge in [0, 0.05) is 19.1 Å². The number of nitriles is 1. The molecule has 1 saturated carbocycles. The molecule has 1 aromatic heterocycles. The Labute approximate surface area is 171 Å². The molecule has 13 heteroatoms. The van der Waals surface area contributed by atoms with E-state index in [-0.39, 0.29) is 49.4 Å². The summed E-state index contributed by atoms with van der Waals surface area (Å²) in [5, 5.41) is 22.6. The number of halogens is 3. The van der Waals surface area contributed by atoms with Gasteiger partial charge in [0.05, 0.1) is 11.8 Å². The smallest absolute Gasteiger partial charge is 0.470 e. The zero-order valence-corrected chi connectivity index (χ0v) is 17.0. The number of nitrogens with zero attached hydrogens (tertiary/aromatic N) is 4. The maximum absolute atomic E-state index is 12.7. The van der Waals surface area contributed by atoms with Gasteiger partial charge in [0.15, 0.2) is 0 Å². The van der Waals surface area contributed by atoms with Gasteiger partial charge in [-0.1, -0.05) is 0 Å². The second-order valence-corrected chi connectivity index (χ2v) is 9.58. The van der Waals surface area contributed by atoms with Gasteiger partial charge in [-0.15, -0.1) is 0 Å². The zero-order chi connectivity index (χ0) is 22.2. The highest BCUT2D eigenvalue weighted by Crippen LogP contribution is 2.34. The first-order chi connectivity index (χ1) is 13.9. The van der Waals surface area contributed by atoms with Gasteiger partial charge in [-0.25, -0.2) is 13.4 Å². The fraction of sp³-hybridized carbons (Fsp3) is 0.706. The topological polar surface area (TPSA) is 128 Å². The van der Waals surface area contributed by atoms with Crippen molar-refractivity contribution < 1.29 is 31.4 Å². The summed E-state index contributed by atoms with van der Waals surface area (Å²) < 4.78 is 67.2. The van der Waals surface area contributed by atoms with Crippen LogP contribution in [-0.2, 0) is 10.0 Å². The summed E-state index contributed by atoms with van der Waals surface area (Å²) in [6, 6.07) is 1.58. The van der Waals surface area contributed by atoms with Crippen LogP contribution in [0.5, 0.6) is 5.88 Å². The fourth-order valence-corrected chi connectivity index (χ4v) is 4.59. The van der Waals surface area contributed by atoms with Gasteiger partial charge in [-0.3, -0.25) is 0 Å². The summed E-state index contributed by atoms with van der Waals surface area (Å²) in [4.78, 5) is 8.21. The van der Waals surface area contributed by atoms with Crippen molar-refractivity contribution in [3.63, 3.8) is 0 Å². The third kappa shape index (κ3) is 4.60. The molecular formula is C17H22F3N5O4S. The van der Waals surface area contributed by atoms with Gasteiger partial charge in [0.2, 0.25) is 11.8 Å². The number of alkyl halides is 3. The van der Waals surface area contributed by atoms with Crippen molar-refractivity contribution in [3.05, 3.63) is 11.8 Å². The molecule has 2 N–H and O–H groups in total. The van der Waals surface area contributed by atoms with Crippen LogP contribution in [0.25, 0.3) is 0 Å². The Morgan fingerprint density at radius 1 is 1.37 bits per heavy atom. The van der Waals surface area contributed by atoms with Crippen molar-refractivity contribution in [1.82, 2.24) is 14.3 Å². The molecule has 3 rings (SSSR count). The molecule has 0 aromatic carbocycles. The summed E-state index contributed by atoms with van der Waals surface area (Å²) in [6.07, 6.45) is 2.94. The highest BCUT2D eigenvalue weighted by atomic mass is 32.2. The molecular weight excluding hydrogens is 427 g/mol. The van der Waals surface area contributed by atoms with Gasteiger partial charge in [-0.05, 0) is 39.0 Å². The molecule has 30 heavy (non-hydrogen) atoms. The van der Waals surface area contributed by atoms with Gasteiger partial charge in [0.1, 0.15) is 17.7 Å². The van der Waals surface area contributed by atoms with Crippen molar-refractivity contribution in [1.29, 1.82) is 5.26 Å². The number of hydrogen-bond acceptors (Lipinski definition) is 8. The molecule has 2 atom stereocenters. The maximum atomic E-state index is 12.7. The third-order valence-electron chi connectivity index (χ3n) is 5.39. The largest absolute Gasteiger partial charge is 0.511 e. The van der Waals surface area contributed by atoms with Crippen molar-refractivity contribution in [3.8, 4) is 11.9 Å². The molecule has 1 aliphatic carbocycles. The van der Waals surface area contributed by atoms with E-state index in [4.69, 9.17) is 4.74 Å². The van der Waals surface area contributed by atoms with E-state index in [9.17, 15) is 32.0 Å². The van der Waals surface area contributed by atoms with Crippen LogP contribution in [0.3, 0.4) is 0 Å². The van der Waals surface area contributed by atoms with E-state index in [0.717, 1.165) is 6.42 Å². The molecule has 166 valence electrons. The lowest BCUT2D eigenvalue weighted by molar-refractivity contribution is -0.0494. The summed E-state index contributed by atoms with van der Waals surface area (Å²) in [6.45, 7) is 1.08. The predicted molar refractivity (Wildman–Crippen MR) is 98.8 cm³/mol. The summed E-state index contributed by atoms with van der Waals surface area (Å²) in [5.74, 6) is 0.123. The molecule has 9 nitrogen and oxygen atoms in total. The first-order valence-corrected chi connectivity index (χ1v) is 10.9. The van der Waals surface area contributed by atoms with E-state index < -0.39 is 27.2 Å². The van der Waals surface area contributed by atoms with Crippen molar-refractivity contribution in [2.24, 2.45) is 0 Å². The number of aromatic nitrogens is 2. The molecule has 0 radical (unpaired) electrons. The Morgan fingerprint density at radius 3 is 2.57 bits per heavy atom. The average Bonchev–Trinajstić information content (AvgIpc) is 3.00. The number of aliphatic hydroxyl groups is 1.